The number of hydrogen-bond acceptors (Lipinski definition) is 11. The Labute approximate surface area is 406 Å². The second-order valence-corrected chi connectivity index (χ2v) is 21.7. The molecule has 4 atom stereocenters. The second kappa shape index (κ2) is 18.5. The molecular formula is C53H61ClN8O5S. The summed E-state index contributed by atoms with van der Waals surface area (Å²) in [5.41, 5.74) is 8.66. The van der Waals surface area contributed by atoms with Gasteiger partial charge in [-0.25, -0.2) is 4.98 Å². The maximum atomic E-state index is 14.4. The van der Waals surface area contributed by atoms with Gasteiger partial charge in [0.2, 0.25) is 11.8 Å². The maximum Gasteiger partial charge on any atom is 0.282 e. The van der Waals surface area contributed by atoms with E-state index in [1.54, 1.807) is 17.4 Å². The molecule has 4 aliphatic rings. The van der Waals surface area contributed by atoms with Crippen LogP contribution >= 0.6 is 22.9 Å². The Bertz CT molecular complexity index is 2910. The molecular weight excluding hydrogens is 896 g/mol. The summed E-state index contributed by atoms with van der Waals surface area (Å²) in [6.45, 7) is 17.2. The number of fused-ring (bicyclic) bond motifs is 5. The largest absolute Gasteiger partial charge is 0.391 e. The summed E-state index contributed by atoms with van der Waals surface area (Å²) < 4.78 is 8.11. The Morgan fingerprint density at radius 2 is 1.72 bits per heavy atom. The fraction of sp³-hybridized carbons (Fsp3) is 0.472. The highest BCUT2D eigenvalue weighted by atomic mass is 35.5. The van der Waals surface area contributed by atoms with Crippen LogP contribution in [0, 0.1) is 18.8 Å². The molecule has 356 valence electrons. The Morgan fingerprint density at radius 1 is 0.985 bits per heavy atom. The summed E-state index contributed by atoms with van der Waals surface area (Å²) in [5, 5.41) is 19.3. The van der Waals surface area contributed by atoms with Crippen molar-refractivity contribution < 1.29 is 19.2 Å². The molecule has 4 aliphatic heterocycles. The van der Waals surface area contributed by atoms with Crippen LogP contribution in [0.2, 0.25) is 5.02 Å². The number of amides is 2. The SMILES string of the molecule is Cc1ncsc1-c1ccc([C@H](C)NC(=O)[C@@H]2C[C@@H](O)CN2C(=O)[C@@H](c2cc(N3CCC(CN4CCC(c5cccc6c5C(C)(C)c5nc(=O)c7c(Cl)cccc7n5-6)CC4)CC3)no2)C(C)C)cc1. The van der Waals surface area contributed by atoms with Crippen molar-refractivity contribution >= 4 is 51.5 Å². The van der Waals surface area contributed by atoms with Gasteiger partial charge < -0.3 is 29.6 Å². The van der Waals surface area contributed by atoms with Crippen LogP contribution in [0.5, 0.6) is 0 Å². The van der Waals surface area contributed by atoms with Crippen molar-refractivity contribution in [2.24, 2.45) is 11.8 Å². The zero-order chi connectivity index (χ0) is 47.6. The number of nitrogens with zero attached hydrogens (tertiary/aromatic N) is 7. The third-order valence-electron chi connectivity index (χ3n) is 15.2. The minimum atomic E-state index is -0.803. The van der Waals surface area contributed by atoms with Gasteiger partial charge in [-0.15, -0.1) is 11.3 Å². The third-order valence-corrected chi connectivity index (χ3v) is 16.5. The van der Waals surface area contributed by atoms with Gasteiger partial charge >= 0.3 is 0 Å². The van der Waals surface area contributed by atoms with E-state index >= 15 is 0 Å². The molecule has 68 heavy (non-hydrogen) atoms. The van der Waals surface area contributed by atoms with E-state index in [2.05, 4.69) is 66.9 Å². The zero-order valence-electron chi connectivity index (χ0n) is 39.7. The highest BCUT2D eigenvalue weighted by Crippen LogP contribution is 2.48. The number of carbonyl (C=O) groups excluding carboxylic acids is 2. The number of likely N-dealkylation sites (tertiary alicyclic amines) is 2. The van der Waals surface area contributed by atoms with Crippen LogP contribution in [0.15, 0.2) is 81.6 Å². The first kappa shape index (κ1) is 46.3. The first-order chi connectivity index (χ1) is 32.7. The number of aromatic nitrogens is 4. The third kappa shape index (κ3) is 8.45. The molecule has 0 aliphatic carbocycles. The molecule has 2 N–H and O–H groups in total. The molecule has 0 bridgehead atoms. The quantitative estimate of drug-likeness (QED) is 0.129. The van der Waals surface area contributed by atoms with Crippen LogP contribution in [-0.2, 0) is 15.0 Å². The predicted octanol–water partition coefficient (Wildman–Crippen LogP) is 8.77. The van der Waals surface area contributed by atoms with Gasteiger partial charge in [0.1, 0.15) is 17.8 Å². The smallest absolute Gasteiger partial charge is 0.282 e. The number of anilines is 1. The van der Waals surface area contributed by atoms with Gasteiger partial charge in [0, 0.05) is 38.7 Å². The first-order valence-corrected chi connectivity index (χ1v) is 25.5. The number of thiazole rings is 1. The number of aliphatic hydroxyl groups is 1. The lowest BCUT2D eigenvalue weighted by Gasteiger charge is -2.38. The number of rotatable bonds is 11. The number of carbonyl (C=O) groups is 2. The zero-order valence-corrected chi connectivity index (χ0v) is 41.3. The van der Waals surface area contributed by atoms with Crippen LogP contribution in [-0.4, -0.2) is 97.8 Å². The van der Waals surface area contributed by atoms with Gasteiger partial charge in [0.25, 0.3) is 5.56 Å². The Kier molecular flexibility index (Phi) is 12.6. The normalized spacial score (nSPS) is 20.8. The van der Waals surface area contributed by atoms with E-state index in [0.717, 1.165) is 103 Å². The molecule has 0 spiro atoms. The molecule has 3 aromatic carbocycles. The van der Waals surface area contributed by atoms with Crippen molar-refractivity contribution in [3.8, 4) is 16.1 Å². The average Bonchev–Trinajstić information content (AvgIpc) is 4.12. The van der Waals surface area contributed by atoms with Crippen LogP contribution in [0.1, 0.15) is 119 Å². The predicted molar refractivity (Wildman–Crippen MR) is 267 cm³/mol. The van der Waals surface area contributed by atoms with E-state index in [9.17, 15) is 19.5 Å². The van der Waals surface area contributed by atoms with Crippen LogP contribution in [0.4, 0.5) is 5.82 Å². The molecule has 3 fully saturated rings. The van der Waals surface area contributed by atoms with E-state index in [0.29, 0.717) is 28.0 Å². The van der Waals surface area contributed by atoms with Crippen molar-refractivity contribution in [3.63, 3.8) is 0 Å². The lowest BCUT2D eigenvalue weighted by molar-refractivity contribution is -0.141. The molecule has 0 saturated carbocycles. The van der Waals surface area contributed by atoms with E-state index in [1.165, 1.54) is 16.0 Å². The molecule has 3 aromatic heterocycles. The van der Waals surface area contributed by atoms with Gasteiger partial charge in [-0.1, -0.05) is 73.1 Å². The minimum absolute atomic E-state index is 0.0829. The summed E-state index contributed by atoms with van der Waals surface area (Å²) in [4.78, 5) is 58.0. The molecule has 7 heterocycles. The van der Waals surface area contributed by atoms with Gasteiger partial charge in [-0.3, -0.25) is 19.0 Å². The van der Waals surface area contributed by atoms with Crippen molar-refractivity contribution in [3.05, 3.63) is 122 Å². The topological polar surface area (TPSA) is 150 Å². The van der Waals surface area contributed by atoms with Crippen molar-refractivity contribution in [2.75, 3.05) is 44.2 Å². The number of nitrogens with one attached hydrogen (secondary N) is 1. The van der Waals surface area contributed by atoms with Gasteiger partial charge in [0.15, 0.2) is 11.6 Å². The Hall–Kier alpha value is -5.41. The van der Waals surface area contributed by atoms with E-state index < -0.39 is 23.5 Å². The Morgan fingerprint density at radius 3 is 2.43 bits per heavy atom. The van der Waals surface area contributed by atoms with E-state index in [4.69, 9.17) is 16.1 Å². The number of aryl methyl sites for hydroxylation is 1. The van der Waals surface area contributed by atoms with Crippen molar-refractivity contribution in [2.45, 2.75) is 109 Å². The molecule has 2 amide bonds. The fourth-order valence-electron chi connectivity index (χ4n) is 11.6. The minimum Gasteiger partial charge on any atom is -0.391 e. The average molecular weight is 958 g/mol. The summed E-state index contributed by atoms with van der Waals surface area (Å²) in [6.07, 6.45) is 3.58. The van der Waals surface area contributed by atoms with Crippen LogP contribution in [0.3, 0.4) is 0 Å². The molecule has 15 heteroatoms. The number of piperidine rings is 2. The van der Waals surface area contributed by atoms with Crippen LogP contribution in [0.25, 0.3) is 27.0 Å². The van der Waals surface area contributed by atoms with Gasteiger partial charge in [-0.05, 0) is 125 Å². The van der Waals surface area contributed by atoms with Gasteiger partial charge in [-0.2, -0.15) is 4.98 Å². The van der Waals surface area contributed by atoms with Crippen molar-refractivity contribution in [1.82, 2.24) is 34.8 Å². The highest BCUT2D eigenvalue weighted by molar-refractivity contribution is 7.13. The number of benzene rings is 3. The molecule has 6 aromatic rings. The monoisotopic (exact) mass is 956 g/mol. The number of β-amino-alcohol motifs (C(OH)–C–C–N with tert-alkyl or cyclic N) is 1. The number of hydrogen-bond donors (Lipinski definition) is 2. The maximum absolute atomic E-state index is 14.4. The lowest BCUT2D eigenvalue weighted by atomic mass is 9.76. The molecule has 0 radical (unpaired) electrons. The van der Waals surface area contributed by atoms with Gasteiger partial charge in [0.05, 0.1) is 55.3 Å². The standard InChI is InChI=1S/C53H61ClN8O5S/c1-30(2)45(51(66)61-28-37(63)25-42(61)49(64)56-31(3)34-13-15-36(16-14-34)48-32(4)55-29-68-48)43-26-44(58-67-43)60-23-17-33(18-24-60)27-59-21-19-35(20-22-59)38-9-7-12-41-47(38)53(5,6)52-57-50(65)46-39(54)10-8-11-40(46)62(41)52/h7-16,26,29-31,33,35,37,42,45,63H,17-25,27-28H2,1-6H3,(H,56,64)/t31-,37+,42-,45+/m0/s1. The summed E-state index contributed by atoms with van der Waals surface area (Å²) in [5.74, 6) is 1.65. The number of aliphatic hydroxyl groups excluding tert-OH is 1. The van der Waals surface area contributed by atoms with E-state index in [-0.39, 0.29) is 42.3 Å². The first-order valence-electron chi connectivity index (χ1n) is 24.3. The Balaban J connectivity index is 0.739. The summed E-state index contributed by atoms with van der Waals surface area (Å²) >= 11 is 8.14. The van der Waals surface area contributed by atoms with Crippen molar-refractivity contribution in [1.29, 1.82) is 0 Å². The second-order valence-electron chi connectivity index (χ2n) is 20.4. The van der Waals surface area contributed by atoms with Crippen LogP contribution < -0.4 is 15.8 Å². The molecule has 3 saturated heterocycles. The molecule has 10 rings (SSSR count). The fourth-order valence-corrected chi connectivity index (χ4v) is 12.7. The molecule has 13 nitrogen and oxygen atoms in total. The molecule has 0 unspecified atom stereocenters. The summed E-state index contributed by atoms with van der Waals surface area (Å²) in [6, 6.07) is 21.1. The summed E-state index contributed by atoms with van der Waals surface area (Å²) in [7, 11) is 0. The lowest BCUT2D eigenvalue weighted by Crippen LogP contribution is -2.48. The number of halogens is 1. The highest BCUT2D eigenvalue weighted by Gasteiger charge is 2.45. The van der Waals surface area contributed by atoms with E-state index in [1.807, 2.05) is 75.7 Å².